The van der Waals surface area contributed by atoms with E-state index in [2.05, 4.69) is 6.07 Å². The van der Waals surface area contributed by atoms with E-state index in [4.69, 9.17) is 0 Å². The molecular formula is C13H10FOS. The molecular weight excluding hydrogens is 223 g/mol. The Bertz CT molecular complexity index is 480. The van der Waals surface area contributed by atoms with Crippen LogP contribution in [0.4, 0.5) is 4.39 Å². The molecule has 0 aliphatic carbocycles. The van der Waals surface area contributed by atoms with Crippen LogP contribution in [0.25, 0.3) is 11.1 Å². The topological polar surface area (TPSA) is 23.1 Å². The van der Waals surface area contributed by atoms with Gasteiger partial charge in [0.15, 0.2) is 4.90 Å². The summed E-state index contributed by atoms with van der Waals surface area (Å²) in [6.45, 7) is 0. The Hall–Kier alpha value is -1.32. The minimum atomic E-state index is -0.982. The Morgan fingerprint density at radius 3 is 2.44 bits per heavy atom. The van der Waals surface area contributed by atoms with Crippen LogP contribution in [-0.2, 0) is 11.2 Å². The molecule has 1 nitrogen and oxygen atoms in total. The van der Waals surface area contributed by atoms with Gasteiger partial charge in [0.2, 0.25) is 0 Å². The summed E-state index contributed by atoms with van der Waals surface area (Å²) in [5.41, 5.74) is 1.57. The van der Waals surface area contributed by atoms with E-state index in [0.29, 0.717) is 5.56 Å². The number of halogens is 1. The first-order chi connectivity index (χ1) is 7.66. The lowest BCUT2D eigenvalue weighted by Crippen LogP contribution is -1.96. The maximum Gasteiger partial charge on any atom is 0.152 e. The van der Waals surface area contributed by atoms with Gasteiger partial charge in [0.25, 0.3) is 0 Å². The predicted octanol–water partition coefficient (Wildman–Crippen LogP) is 3.03. The van der Waals surface area contributed by atoms with Gasteiger partial charge in [0, 0.05) is 0 Å². The third-order valence-corrected chi connectivity index (χ3v) is 3.20. The molecule has 2 rings (SSSR count). The van der Waals surface area contributed by atoms with Crippen LogP contribution in [0.5, 0.6) is 0 Å². The van der Waals surface area contributed by atoms with E-state index in [9.17, 15) is 8.94 Å². The molecule has 1 atom stereocenters. The lowest BCUT2D eigenvalue weighted by Gasteiger charge is -2.05. The summed E-state index contributed by atoms with van der Waals surface area (Å²) < 4.78 is 24.2. The fourth-order valence-electron chi connectivity index (χ4n) is 1.43. The van der Waals surface area contributed by atoms with Gasteiger partial charge in [-0.2, -0.15) is 0 Å². The van der Waals surface area contributed by atoms with Crippen molar-refractivity contribution in [3.8, 4) is 11.1 Å². The van der Waals surface area contributed by atoms with Gasteiger partial charge in [-0.1, -0.05) is 6.07 Å². The highest BCUT2D eigenvalue weighted by molar-refractivity contribution is 7.90. The summed E-state index contributed by atoms with van der Waals surface area (Å²) in [5, 5.41) is 0. The highest BCUT2D eigenvalue weighted by Crippen LogP contribution is 2.21. The molecule has 0 saturated heterocycles. The minimum Gasteiger partial charge on any atom is -0.612 e. The third-order valence-electron chi connectivity index (χ3n) is 2.26. The van der Waals surface area contributed by atoms with E-state index in [1.165, 1.54) is 12.1 Å². The zero-order valence-corrected chi connectivity index (χ0v) is 9.55. The summed E-state index contributed by atoms with van der Waals surface area (Å²) in [7, 11) is 0. The summed E-state index contributed by atoms with van der Waals surface area (Å²) in [4.78, 5) is 0.764. The van der Waals surface area contributed by atoms with Crippen molar-refractivity contribution in [2.75, 3.05) is 6.26 Å². The molecule has 0 aliphatic heterocycles. The van der Waals surface area contributed by atoms with Crippen LogP contribution in [0.15, 0.2) is 47.4 Å². The van der Waals surface area contributed by atoms with Gasteiger partial charge in [-0.05, 0) is 64.8 Å². The van der Waals surface area contributed by atoms with E-state index < -0.39 is 11.2 Å². The average molecular weight is 233 g/mol. The SMILES string of the molecule is C[S+]([O-])c1ccc(-c2[c]ccc(F)c2)cc1. The van der Waals surface area contributed by atoms with Crippen LogP contribution in [0.3, 0.4) is 0 Å². The quantitative estimate of drug-likeness (QED) is 0.731. The molecule has 16 heavy (non-hydrogen) atoms. The molecule has 0 saturated carbocycles. The predicted molar refractivity (Wildman–Crippen MR) is 63.0 cm³/mol. The first kappa shape index (κ1) is 11.2. The summed E-state index contributed by atoms with van der Waals surface area (Å²) >= 11 is -0.982. The number of benzene rings is 2. The highest BCUT2D eigenvalue weighted by atomic mass is 32.2. The summed E-state index contributed by atoms with van der Waals surface area (Å²) in [6.07, 6.45) is 1.63. The molecule has 2 aromatic rings. The molecule has 81 valence electrons. The molecule has 1 radical (unpaired) electrons. The maximum atomic E-state index is 13.0. The van der Waals surface area contributed by atoms with Crippen LogP contribution < -0.4 is 0 Å². The summed E-state index contributed by atoms with van der Waals surface area (Å²) in [5.74, 6) is -0.281. The molecule has 0 heterocycles. The molecule has 0 aliphatic rings. The lowest BCUT2D eigenvalue weighted by atomic mass is 10.1. The van der Waals surface area contributed by atoms with Gasteiger partial charge >= 0.3 is 0 Å². The van der Waals surface area contributed by atoms with Crippen LogP contribution >= 0.6 is 0 Å². The van der Waals surface area contributed by atoms with Crippen molar-refractivity contribution in [1.29, 1.82) is 0 Å². The van der Waals surface area contributed by atoms with Gasteiger partial charge in [-0.25, -0.2) is 4.39 Å². The largest absolute Gasteiger partial charge is 0.612 e. The van der Waals surface area contributed by atoms with Gasteiger partial charge in [-0.3, -0.25) is 0 Å². The molecule has 0 N–H and O–H groups in total. The van der Waals surface area contributed by atoms with Crippen molar-refractivity contribution in [2.24, 2.45) is 0 Å². The van der Waals surface area contributed by atoms with Crippen molar-refractivity contribution in [1.82, 2.24) is 0 Å². The van der Waals surface area contributed by atoms with E-state index in [1.54, 1.807) is 24.5 Å². The third kappa shape index (κ3) is 2.43. The Kier molecular flexibility index (Phi) is 3.27. The molecule has 0 fully saturated rings. The van der Waals surface area contributed by atoms with Crippen LogP contribution in [-0.4, -0.2) is 10.8 Å². The molecule has 3 heteroatoms. The van der Waals surface area contributed by atoms with Gasteiger partial charge in [0.05, 0.1) is 0 Å². The lowest BCUT2D eigenvalue weighted by molar-refractivity contribution is 0.601. The normalized spacial score (nSPS) is 12.4. The first-order valence-corrected chi connectivity index (χ1v) is 6.34. The molecule has 2 aromatic carbocycles. The standard InChI is InChI=1S/C13H10FOS/c1-16(15)13-7-5-10(6-8-13)11-3-2-4-12(14)9-11/h2,4-9H,1H3. The Labute approximate surface area is 97.1 Å². The summed E-state index contributed by atoms with van der Waals surface area (Å²) in [6, 6.07) is 14.5. The molecule has 0 spiro atoms. The van der Waals surface area contributed by atoms with Gasteiger partial charge < -0.3 is 4.55 Å². The highest BCUT2D eigenvalue weighted by Gasteiger charge is 2.04. The van der Waals surface area contributed by atoms with E-state index in [1.807, 2.05) is 12.1 Å². The minimum absolute atomic E-state index is 0.281. The molecule has 0 aromatic heterocycles. The second-order valence-corrected chi connectivity index (χ2v) is 4.78. The van der Waals surface area contributed by atoms with E-state index >= 15 is 0 Å². The van der Waals surface area contributed by atoms with Gasteiger partial charge in [0.1, 0.15) is 12.1 Å². The van der Waals surface area contributed by atoms with Crippen molar-refractivity contribution < 1.29 is 8.94 Å². The van der Waals surface area contributed by atoms with E-state index in [0.717, 1.165) is 10.5 Å². The van der Waals surface area contributed by atoms with E-state index in [-0.39, 0.29) is 5.82 Å². The van der Waals surface area contributed by atoms with Crippen LogP contribution in [0, 0.1) is 11.9 Å². The fraction of sp³-hybridized carbons (Fsp3) is 0.0769. The van der Waals surface area contributed by atoms with Crippen molar-refractivity contribution in [2.45, 2.75) is 4.90 Å². The zero-order valence-electron chi connectivity index (χ0n) is 8.74. The van der Waals surface area contributed by atoms with Crippen LogP contribution in [0.1, 0.15) is 0 Å². The van der Waals surface area contributed by atoms with Crippen molar-refractivity contribution in [3.63, 3.8) is 0 Å². The number of hydrogen-bond acceptors (Lipinski definition) is 1. The maximum absolute atomic E-state index is 13.0. The van der Waals surface area contributed by atoms with Crippen LogP contribution in [0.2, 0.25) is 0 Å². The Balaban J connectivity index is 2.35. The number of hydrogen-bond donors (Lipinski definition) is 0. The smallest absolute Gasteiger partial charge is 0.152 e. The second-order valence-electron chi connectivity index (χ2n) is 3.40. The number of rotatable bonds is 2. The second kappa shape index (κ2) is 4.68. The Morgan fingerprint density at radius 1 is 1.19 bits per heavy atom. The van der Waals surface area contributed by atoms with Crippen molar-refractivity contribution in [3.05, 3.63) is 54.3 Å². The monoisotopic (exact) mass is 233 g/mol. The Morgan fingerprint density at radius 2 is 1.88 bits per heavy atom. The van der Waals surface area contributed by atoms with Gasteiger partial charge in [-0.15, -0.1) is 0 Å². The fourth-order valence-corrected chi connectivity index (χ4v) is 1.95. The van der Waals surface area contributed by atoms with Crippen molar-refractivity contribution >= 4 is 11.2 Å². The molecule has 1 unspecified atom stereocenters. The molecule has 0 amide bonds. The molecule has 0 bridgehead atoms. The zero-order chi connectivity index (χ0) is 11.5. The first-order valence-electron chi connectivity index (χ1n) is 4.78. The average Bonchev–Trinajstić information content (AvgIpc) is 2.29.